The van der Waals surface area contributed by atoms with E-state index in [4.69, 9.17) is 0 Å². The highest BCUT2D eigenvalue weighted by Gasteiger charge is 2.20. The van der Waals surface area contributed by atoms with Crippen molar-refractivity contribution in [3.8, 4) is 0 Å². The quantitative estimate of drug-likeness (QED) is 0.774. The van der Waals surface area contributed by atoms with Gasteiger partial charge in [0.25, 0.3) is 10.2 Å². The topological polar surface area (TPSA) is 67.2 Å². The first-order valence-electron chi connectivity index (χ1n) is 5.74. The van der Waals surface area contributed by atoms with Crippen LogP contribution >= 0.6 is 0 Å². The molecule has 0 spiro atoms. The van der Waals surface area contributed by atoms with Crippen LogP contribution in [0.3, 0.4) is 0 Å². The molecule has 98 valence electrons. The van der Waals surface area contributed by atoms with Crippen molar-refractivity contribution in [1.29, 1.82) is 0 Å². The van der Waals surface area contributed by atoms with Crippen molar-refractivity contribution in [2.45, 2.75) is 33.4 Å². The van der Waals surface area contributed by atoms with Crippen molar-refractivity contribution in [3.63, 3.8) is 0 Å². The molecule has 0 aliphatic rings. The van der Waals surface area contributed by atoms with Crippen molar-refractivity contribution in [2.24, 2.45) is 0 Å². The molecule has 0 aliphatic carbocycles. The normalized spacial score (nSPS) is 14.1. The standard InChI is InChI=1S/C10H20N4O2S/c1-4-14(5-2)17(15,16)12-10(3)9-13-8-6-7-11-13/h6-8,10,12H,4-5,9H2,1-3H3/t10-/m1/s1. The molecular formula is C10H20N4O2S. The second-order valence-electron chi connectivity index (χ2n) is 3.84. The molecule has 1 atom stereocenters. The van der Waals surface area contributed by atoms with Gasteiger partial charge in [0.2, 0.25) is 0 Å². The summed E-state index contributed by atoms with van der Waals surface area (Å²) in [4.78, 5) is 0. The van der Waals surface area contributed by atoms with Gasteiger partial charge in [-0.1, -0.05) is 13.8 Å². The maximum Gasteiger partial charge on any atom is 0.279 e. The van der Waals surface area contributed by atoms with Gasteiger partial charge >= 0.3 is 0 Å². The summed E-state index contributed by atoms with van der Waals surface area (Å²) in [6.45, 7) is 6.93. The van der Waals surface area contributed by atoms with E-state index < -0.39 is 10.2 Å². The van der Waals surface area contributed by atoms with Gasteiger partial charge in [-0.2, -0.15) is 22.5 Å². The molecule has 1 aromatic rings. The zero-order valence-corrected chi connectivity index (χ0v) is 11.3. The molecule has 0 bridgehead atoms. The number of hydrogen-bond donors (Lipinski definition) is 1. The lowest BCUT2D eigenvalue weighted by Gasteiger charge is -2.22. The number of nitrogens with zero attached hydrogens (tertiary/aromatic N) is 3. The molecule has 0 amide bonds. The average molecular weight is 260 g/mol. The molecule has 1 aromatic heterocycles. The Balaban J connectivity index is 2.58. The lowest BCUT2D eigenvalue weighted by molar-refractivity contribution is 0.416. The summed E-state index contributed by atoms with van der Waals surface area (Å²) in [5.74, 6) is 0. The molecule has 0 aromatic carbocycles. The van der Waals surface area contributed by atoms with Gasteiger partial charge in [-0.15, -0.1) is 0 Å². The van der Waals surface area contributed by atoms with E-state index in [0.29, 0.717) is 19.6 Å². The maximum atomic E-state index is 11.9. The summed E-state index contributed by atoms with van der Waals surface area (Å²) >= 11 is 0. The minimum absolute atomic E-state index is 0.194. The Hall–Kier alpha value is -0.920. The Morgan fingerprint density at radius 2 is 2.06 bits per heavy atom. The highest BCUT2D eigenvalue weighted by Crippen LogP contribution is 2.00. The zero-order chi connectivity index (χ0) is 12.9. The van der Waals surface area contributed by atoms with Crippen LogP contribution in [0.5, 0.6) is 0 Å². The average Bonchev–Trinajstić information content (AvgIpc) is 2.70. The van der Waals surface area contributed by atoms with Crippen LogP contribution in [0.15, 0.2) is 18.5 Å². The lowest BCUT2D eigenvalue weighted by Crippen LogP contribution is -2.45. The third-order valence-corrected chi connectivity index (χ3v) is 4.31. The van der Waals surface area contributed by atoms with Gasteiger partial charge in [0.05, 0.1) is 6.54 Å². The monoisotopic (exact) mass is 260 g/mol. The van der Waals surface area contributed by atoms with Gasteiger partial charge in [-0.25, -0.2) is 0 Å². The first-order chi connectivity index (χ1) is 7.99. The summed E-state index contributed by atoms with van der Waals surface area (Å²) in [7, 11) is -3.38. The van der Waals surface area contributed by atoms with Crippen molar-refractivity contribution >= 4 is 10.2 Å². The first-order valence-corrected chi connectivity index (χ1v) is 7.18. The molecule has 1 rings (SSSR count). The molecule has 0 saturated carbocycles. The van der Waals surface area contributed by atoms with Crippen LogP contribution in [0, 0.1) is 0 Å². The Kier molecular flexibility index (Phi) is 5.10. The van der Waals surface area contributed by atoms with Crippen LogP contribution in [0.4, 0.5) is 0 Å². The Morgan fingerprint density at radius 3 is 2.53 bits per heavy atom. The molecule has 7 heteroatoms. The van der Waals surface area contributed by atoms with Crippen LogP contribution in [0.1, 0.15) is 20.8 Å². The molecule has 0 radical (unpaired) electrons. The highest BCUT2D eigenvalue weighted by molar-refractivity contribution is 7.87. The molecule has 1 heterocycles. The van der Waals surface area contributed by atoms with Crippen LogP contribution in [-0.4, -0.2) is 41.6 Å². The van der Waals surface area contributed by atoms with Crippen LogP contribution in [-0.2, 0) is 16.8 Å². The molecule has 1 N–H and O–H groups in total. The SMILES string of the molecule is CCN(CC)S(=O)(=O)N[C@H](C)Cn1cccn1. The zero-order valence-electron chi connectivity index (χ0n) is 10.5. The number of nitrogens with one attached hydrogen (secondary N) is 1. The minimum Gasteiger partial charge on any atom is -0.271 e. The highest BCUT2D eigenvalue weighted by atomic mass is 32.2. The fraction of sp³-hybridized carbons (Fsp3) is 0.700. The van der Waals surface area contributed by atoms with Gasteiger partial charge in [-0.05, 0) is 13.0 Å². The molecule has 0 fully saturated rings. The minimum atomic E-state index is -3.38. The molecule has 6 nitrogen and oxygen atoms in total. The fourth-order valence-electron chi connectivity index (χ4n) is 1.62. The smallest absolute Gasteiger partial charge is 0.271 e. The van der Waals surface area contributed by atoms with Crippen LogP contribution < -0.4 is 4.72 Å². The van der Waals surface area contributed by atoms with Gasteiger partial charge in [0.1, 0.15) is 0 Å². The van der Waals surface area contributed by atoms with Gasteiger partial charge < -0.3 is 0 Å². The summed E-state index contributed by atoms with van der Waals surface area (Å²) in [5, 5.41) is 4.04. The van der Waals surface area contributed by atoms with Crippen LogP contribution in [0.2, 0.25) is 0 Å². The van der Waals surface area contributed by atoms with E-state index in [1.807, 2.05) is 33.0 Å². The van der Waals surface area contributed by atoms with E-state index in [9.17, 15) is 8.42 Å². The molecule has 17 heavy (non-hydrogen) atoms. The molecule has 0 saturated heterocycles. The number of aromatic nitrogens is 2. The van der Waals surface area contributed by atoms with E-state index >= 15 is 0 Å². The number of hydrogen-bond acceptors (Lipinski definition) is 3. The van der Waals surface area contributed by atoms with Crippen molar-refractivity contribution in [1.82, 2.24) is 18.8 Å². The van der Waals surface area contributed by atoms with Crippen molar-refractivity contribution in [3.05, 3.63) is 18.5 Å². The van der Waals surface area contributed by atoms with E-state index in [1.54, 1.807) is 10.9 Å². The van der Waals surface area contributed by atoms with Gasteiger partial charge in [0, 0.05) is 31.5 Å². The lowest BCUT2D eigenvalue weighted by atomic mass is 10.4. The largest absolute Gasteiger partial charge is 0.279 e. The summed E-state index contributed by atoms with van der Waals surface area (Å²) in [6.07, 6.45) is 3.48. The van der Waals surface area contributed by atoms with Crippen molar-refractivity contribution < 1.29 is 8.42 Å². The van der Waals surface area contributed by atoms with E-state index in [2.05, 4.69) is 9.82 Å². The van der Waals surface area contributed by atoms with E-state index in [1.165, 1.54) is 4.31 Å². The second-order valence-corrected chi connectivity index (χ2v) is 5.54. The van der Waals surface area contributed by atoms with E-state index in [-0.39, 0.29) is 6.04 Å². The fourth-order valence-corrected chi connectivity index (χ4v) is 3.03. The first kappa shape index (κ1) is 14.1. The third kappa shape index (κ3) is 4.10. The van der Waals surface area contributed by atoms with Crippen molar-refractivity contribution in [2.75, 3.05) is 13.1 Å². The summed E-state index contributed by atoms with van der Waals surface area (Å²) < 4.78 is 29.6. The third-order valence-electron chi connectivity index (χ3n) is 2.42. The predicted octanol–water partition coefficient (Wildman–Crippen LogP) is 0.448. The molecule has 0 unspecified atom stereocenters. The molecular weight excluding hydrogens is 240 g/mol. The van der Waals surface area contributed by atoms with Gasteiger partial charge in [0.15, 0.2) is 0 Å². The van der Waals surface area contributed by atoms with E-state index in [0.717, 1.165) is 0 Å². The molecule has 0 aliphatic heterocycles. The predicted molar refractivity (Wildman–Crippen MR) is 66.7 cm³/mol. The summed E-state index contributed by atoms with van der Waals surface area (Å²) in [6, 6.07) is 1.62. The summed E-state index contributed by atoms with van der Waals surface area (Å²) in [5.41, 5.74) is 0. The number of rotatable bonds is 7. The Labute approximate surface area is 103 Å². The maximum absolute atomic E-state index is 11.9. The van der Waals surface area contributed by atoms with Crippen LogP contribution in [0.25, 0.3) is 0 Å². The van der Waals surface area contributed by atoms with Gasteiger partial charge in [-0.3, -0.25) is 4.68 Å². The second kappa shape index (κ2) is 6.13. The Morgan fingerprint density at radius 1 is 1.41 bits per heavy atom. The Bertz CT molecular complexity index is 412.